The number of ether oxygens (including phenoxy) is 1. The van der Waals surface area contributed by atoms with Gasteiger partial charge in [0, 0.05) is 18.0 Å². The van der Waals surface area contributed by atoms with Crippen LogP contribution >= 0.6 is 0 Å². The van der Waals surface area contributed by atoms with Gasteiger partial charge in [-0.3, -0.25) is 15.6 Å². The van der Waals surface area contributed by atoms with E-state index in [4.69, 9.17) is 9.72 Å². The van der Waals surface area contributed by atoms with E-state index in [0.717, 1.165) is 16.8 Å². The average Bonchev–Trinajstić information content (AvgIpc) is 3.02. The molecule has 9 nitrogen and oxygen atoms in total. The largest absolute Gasteiger partial charge is 0.481 e. The number of rotatable bonds is 5. The maximum atomic E-state index is 13.0. The topological polar surface area (TPSA) is 107 Å². The van der Waals surface area contributed by atoms with Crippen LogP contribution in [0.5, 0.6) is 5.88 Å². The Morgan fingerprint density at radius 2 is 1.97 bits per heavy atom. The lowest BCUT2D eigenvalue weighted by molar-refractivity contribution is 0.0963. The Morgan fingerprint density at radius 1 is 1.24 bits per heavy atom. The molecule has 0 spiro atoms. The number of hydrazine groups is 1. The van der Waals surface area contributed by atoms with Gasteiger partial charge in [-0.1, -0.05) is 13.8 Å². The van der Waals surface area contributed by atoms with E-state index in [1.54, 1.807) is 12.3 Å². The molecular formula is C20H27N7O2. The van der Waals surface area contributed by atoms with Gasteiger partial charge in [0.05, 0.1) is 29.3 Å². The predicted octanol–water partition coefficient (Wildman–Crippen LogP) is 3.17. The molecule has 1 amide bonds. The number of carbonyl (C=O) groups excluding carboxylic acids is 1. The van der Waals surface area contributed by atoms with Gasteiger partial charge in [-0.25, -0.2) is 14.6 Å². The van der Waals surface area contributed by atoms with Crippen LogP contribution in [0.4, 0.5) is 5.95 Å². The second-order valence-electron chi connectivity index (χ2n) is 8.12. The molecular weight excluding hydrogens is 370 g/mol. The monoisotopic (exact) mass is 397 g/mol. The Labute approximate surface area is 169 Å². The number of pyridine rings is 1. The van der Waals surface area contributed by atoms with Crippen molar-refractivity contribution in [3.05, 3.63) is 35.3 Å². The van der Waals surface area contributed by atoms with E-state index in [-0.39, 0.29) is 23.3 Å². The third-order valence-corrected chi connectivity index (χ3v) is 4.43. The lowest BCUT2D eigenvalue weighted by atomic mass is 10.0. The van der Waals surface area contributed by atoms with E-state index in [9.17, 15) is 4.79 Å². The minimum Gasteiger partial charge on any atom is -0.481 e. The molecule has 3 heterocycles. The van der Waals surface area contributed by atoms with E-state index in [1.807, 2.05) is 31.5 Å². The molecule has 0 aromatic carbocycles. The van der Waals surface area contributed by atoms with Crippen LogP contribution in [0.25, 0.3) is 11.0 Å². The first kappa shape index (κ1) is 20.5. The van der Waals surface area contributed by atoms with Gasteiger partial charge in [-0.2, -0.15) is 10.1 Å². The average molecular weight is 397 g/mol. The number of amides is 1. The van der Waals surface area contributed by atoms with Gasteiger partial charge in [0.1, 0.15) is 0 Å². The molecule has 29 heavy (non-hydrogen) atoms. The molecule has 0 bridgehead atoms. The van der Waals surface area contributed by atoms with Crippen molar-refractivity contribution in [2.24, 2.45) is 0 Å². The van der Waals surface area contributed by atoms with Crippen LogP contribution in [0.3, 0.4) is 0 Å². The normalized spacial score (nSPS) is 11.7. The predicted molar refractivity (Wildman–Crippen MR) is 111 cm³/mol. The maximum absolute atomic E-state index is 13.0. The van der Waals surface area contributed by atoms with Gasteiger partial charge >= 0.3 is 0 Å². The zero-order chi connectivity index (χ0) is 21.3. The molecule has 154 valence electrons. The summed E-state index contributed by atoms with van der Waals surface area (Å²) in [7, 11) is 1.52. The second kappa shape index (κ2) is 7.65. The number of nitrogens with one attached hydrogen (secondary N) is 2. The van der Waals surface area contributed by atoms with E-state index in [0.29, 0.717) is 17.1 Å². The Morgan fingerprint density at radius 3 is 2.59 bits per heavy atom. The first-order valence-corrected chi connectivity index (χ1v) is 9.46. The van der Waals surface area contributed by atoms with Crippen LogP contribution in [0.15, 0.2) is 18.3 Å². The summed E-state index contributed by atoms with van der Waals surface area (Å²) in [5.41, 5.74) is 7.91. The van der Waals surface area contributed by atoms with Gasteiger partial charge in [0.15, 0.2) is 5.65 Å². The fourth-order valence-electron chi connectivity index (χ4n) is 2.95. The zero-order valence-electron chi connectivity index (χ0n) is 17.9. The third kappa shape index (κ3) is 4.13. The van der Waals surface area contributed by atoms with Crippen LogP contribution in [-0.2, 0) is 5.54 Å². The molecule has 3 aromatic rings. The summed E-state index contributed by atoms with van der Waals surface area (Å²) in [5.74, 6) is 0.466. The molecule has 3 rings (SSSR count). The van der Waals surface area contributed by atoms with Crippen molar-refractivity contribution in [2.45, 2.75) is 53.0 Å². The van der Waals surface area contributed by atoms with Crippen LogP contribution in [0.2, 0.25) is 0 Å². The van der Waals surface area contributed by atoms with E-state index < -0.39 is 0 Å². The molecule has 0 radical (unpaired) electrons. The van der Waals surface area contributed by atoms with Crippen molar-refractivity contribution in [1.29, 1.82) is 0 Å². The molecule has 0 aliphatic carbocycles. The summed E-state index contributed by atoms with van der Waals surface area (Å²) in [4.78, 5) is 26.1. The highest BCUT2D eigenvalue weighted by Gasteiger charge is 2.25. The number of methoxy groups -OCH3 is 1. The first-order valence-electron chi connectivity index (χ1n) is 9.46. The lowest BCUT2D eigenvalue weighted by Crippen LogP contribution is -2.31. The lowest BCUT2D eigenvalue weighted by Gasteiger charge is -2.20. The molecule has 0 saturated heterocycles. The standard InChI is InChI=1S/C20H27N7O2/c1-11(2)14-10-13(16-12(3)26-27(17(16)22-14)20(4,5)6)18(28)24-25-19-21-9-8-15(23-19)29-7/h8-11H,1-7H3,(H,24,28)(H,21,23,25). The zero-order valence-corrected chi connectivity index (χ0v) is 17.9. The maximum Gasteiger partial charge on any atom is 0.270 e. The molecule has 0 fully saturated rings. The number of carbonyl (C=O) groups is 1. The first-order chi connectivity index (χ1) is 13.6. The molecule has 2 N–H and O–H groups in total. The SMILES string of the molecule is COc1ccnc(NNC(=O)c2cc(C(C)C)nc3c2c(C)nn3C(C)(C)C)n1. The highest BCUT2D eigenvalue weighted by molar-refractivity contribution is 6.07. The van der Waals surface area contributed by atoms with Crippen LogP contribution in [-0.4, -0.2) is 37.7 Å². The van der Waals surface area contributed by atoms with Crippen molar-refractivity contribution in [1.82, 2.24) is 30.2 Å². The molecule has 0 saturated carbocycles. The van der Waals surface area contributed by atoms with E-state index in [1.165, 1.54) is 7.11 Å². The minimum atomic E-state index is -0.317. The van der Waals surface area contributed by atoms with Crippen molar-refractivity contribution < 1.29 is 9.53 Å². The number of aryl methyl sites for hydroxylation is 1. The molecule has 0 unspecified atom stereocenters. The van der Waals surface area contributed by atoms with E-state index >= 15 is 0 Å². The van der Waals surface area contributed by atoms with Crippen molar-refractivity contribution in [3.8, 4) is 5.88 Å². The van der Waals surface area contributed by atoms with Crippen LogP contribution in [0.1, 0.15) is 62.3 Å². The highest BCUT2D eigenvalue weighted by Crippen LogP contribution is 2.28. The fourth-order valence-corrected chi connectivity index (χ4v) is 2.95. The van der Waals surface area contributed by atoms with Crippen LogP contribution < -0.4 is 15.6 Å². The Hall–Kier alpha value is -3.23. The molecule has 3 aromatic heterocycles. The number of hydrogen-bond acceptors (Lipinski definition) is 7. The van der Waals surface area contributed by atoms with Gasteiger partial charge in [0.25, 0.3) is 5.91 Å². The fraction of sp³-hybridized carbons (Fsp3) is 0.450. The Bertz CT molecular complexity index is 1050. The minimum absolute atomic E-state index is 0.157. The molecule has 0 atom stereocenters. The Kier molecular flexibility index (Phi) is 5.41. The van der Waals surface area contributed by atoms with Crippen LogP contribution in [0, 0.1) is 6.92 Å². The quantitative estimate of drug-likeness (QED) is 0.637. The molecule has 0 aliphatic heterocycles. The van der Waals surface area contributed by atoms with Gasteiger partial charge in [0.2, 0.25) is 11.8 Å². The molecule has 0 aliphatic rings. The summed E-state index contributed by atoms with van der Waals surface area (Å²) < 4.78 is 6.95. The highest BCUT2D eigenvalue weighted by atomic mass is 16.5. The summed E-state index contributed by atoms with van der Waals surface area (Å²) in [6, 6.07) is 3.44. The number of aromatic nitrogens is 5. The van der Waals surface area contributed by atoms with Crippen molar-refractivity contribution in [2.75, 3.05) is 12.5 Å². The number of nitrogens with zero attached hydrogens (tertiary/aromatic N) is 5. The second-order valence-corrected chi connectivity index (χ2v) is 8.12. The van der Waals surface area contributed by atoms with Gasteiger partial charge in [-0.05, 0) is 39.7 Å². The van der Waals surface area contributed by atoms with Crippen molar-refractivity contribution in [3.63, 3.8) is 0 Å². The summed E-state index contributed by atoms with van der Waals surface area (Å²) in [6.45, 7) is 12.2. The van der Waals surface area contributed by atoms with Crippen molar-refractivity contribution >= 4 is 22.9 Å². The molecule has 9 heteroatoms. The number of anilines is 1. The summed E-state index contributed by atoms with van der Waals surface area (Å²) in [5, 5.41) is 5.39. The summed E-state index contributed by atoms with van der Waals surface area (Å²) in [6.07, 6.45) is 1.54. The third-order valence-electron chi connectivity index (χ3n) is 4.43. The summed E-state index contributed by atoms with van der Waals surface area (Å²) >= 11 is 0. The van der Waals surface area contributed by atoms with E-state index in [2.05, 4.69) is 46.7 Å². The van der Waals surface area contributed by atoms with Gasteiger partial charge in [-0.15, -0.1) is 0 Å². The smallest absolute Gasteiger partial charge is 0.270 e. The number of hydrogen-bond donors (Lipinski definition) is 2. The number of fused-ring (bicyclic) bond motifs is 1. The van der Waals surface area contributed by atoms with Gasteiger partial charge < -0.3 is 4.74 Å². The Balaban J connectivity index is 2.02.